The van der Waals surface area contributed by atoms with Crippen molar-refractivity contribution in [3.05, 3.63) is 0 Å². The maximum absolute atomic E-state index is 5.85. The summed E-state index contributed by atoms with van der Waals surface area (Å²) in [6.07, 6.45) is 5.66. The first-order valence-electron chi connectivity index (χ1n) is 6.32. The number of rotatable bonds is 3. The van der Waals surface area contributed by atoms with E-state index >= 15 is 0 Å². The fraction of sp³-hybridized carbons (Fsp3) is 0.917. The summed E-state index contributed by atoms with van der Waals surface area (Å²) in [7, 11) is 0. The topological polar surface area (TPSA) is 38.5 Å². The van der Waals surface area contributed by atoms with E-state index in [4.69, 9.17) is 22.7 Å². The van der Waals surface area contributed by atoms with Crippen LogP contribution < -0.4 is 5.73 Å². The molecule has 2 saturated heterocycles. The van der Waals surface area contributed by atoms with Crippen LogP contribution in [0.4, 0.5) is 0 Å². The second-order valence-electron chi connectivity index (χ2n) is 5.15. The zero-order valence-electron chi connectivity index (χ0n) is 10.0. The summed E-state index contributed by atoms with van der Waals surface area (Å²) >= 11 is 5.09. The van der Waals surface area contributed by atoms with Crippen LogP contribution in [0.15, 0.2) is 0 Å². The molecule has 2 rings (SSSR count). The largest absolute Gasteiger partial charge is 0.393 e. The van der Waals surface area contributed by atoms with Crippen molar-refractivity contribution in [3.8, 4) is 0 Å². The molecule has 0 saturated carbocycles. The first kappa shape index (κ1) is 12.3. The van der Waals surface area contributed by atoms with E-state index in [2.05, 4.69) is 11.8 Å². The molecule has 0 amide bonds. The summed E-state index contributed by atoms with van der Waals surface area (Å²) in [6, 6.07) is 0. The summed E-state index contributed by atoms with van der Waals surface area (Å²) in [6.45, 7) is 5.42. The molecule has 2 N–H and O–H groups in total. The number of thiocarbonyl (C=S) groups is 1. The zero-order valence-corrected chi connectivity index (χ0v) is 10.8. The van der Waals surface area contributed by atoms with Gasteiger partial charge in [0.25, 0.3) is 0 Å². The van der Waals surface area contributed by atoms with Crippen molar-refractivity contribution in [1.29, 1.82) is 0 Å². The van der Waals surface area contributed by atoms with Crippen LogP contribution in [0.5, 0.6) is 0 Å². The third-order valence-electron chi connectivity index (χ3n) is 3.69. The van der Waals surface area contributed by atoms with E-state index in [1.54, 1.807) is 0 Å². The summed E-state index contributed by atoms with van der Waals surface area (Å²) < 4.78 is 5.85. The first-order chi connectivity index (χ1) is 7.65. The molecule has 4 heteroatoms. The minimum atomic E-state index is 0.419. The smallest absolute Gasteiger partial charge is 0.0771 e. The molecule has 2 aliphatic heterocycles. The Morgan fingerprint density at radius 3 is 2.88 bits per heavy atom. The van der Waals surface area contributed by atoms with E-state index in [0.717, 1.165) is 19.5 Å². The van der Waals surface area contributed by atoms with E-state index in [0.29, 0.717) is 23.1 Å². The van der Waals surface area contributed by atoms with E-state index in [1.807, 2.05) is 0 Å². The highest BCUT2D eigenvalue weighted by molar-refractivity contribution is 7.80. The van der Waals surface area contributed by atoms with E-state index < -0.39 is 0 Å². The van der Waals surface area contributed by atoms with Crippen LogP contribution in [0.1, 0.15) is 32.6 Å². The van der Waals surface area contributed by atoms with Crippen molar-refractivity contribution < 1.29 is 4.74 Å². The predicted molar refractivity (Wildman–Crippen MR) is 69.5 cm³/mol. The molecule has 16 heavy (non-hydrogen) atoms. The number of piperidine rings is 1. The van der Waals surface area contributed by atoms with Crippen molar-refractivity contribution in [2.24, 2.45) is 11.7 Å². The molecule has 2 heterocycles. The quantitative estimate of drug-likeness (QED) is 0.762. The Hall–Kier alpha value is -0.190. The average Bonchev–Trinajstić information content (AvgIpc) is 2.64. The maximum Gasteiger partial charge on any atom is 0.0771 e. The van der Waals surface area contributed by atoms with Gasteiger partial charge in [0, 0.05) is 19.0 Å². The van der Waals surface area contributed by atoms with Gasteiger partial charge in [-0.15, -0.1) is 0 Å². The molecule has 2 fully saturated rings. The second kappa shape index (κ2) is 5.43. The van der Waals surface area contributed by atoms with Crippen molar-refractivity contribution >= 4 is 17.2 Å². The Morgan fingerprint density at radius 2 is 2.25 bits per heavy atom. The molecule has 0 radical (unpaired) electrons. The highest BCUT2D eigenvalue weighted by atomic mass is 32.1. The van der Waals surface area contributed by atoms with Gasteiger partial charge < -0.3 is 15.4 Å². The molecule has 0 aromatic carbocycles. The number of hydrogen-bond acceptors (Lipinski definition) is 3. The van der Waals surface area contributed by atoms with E-state index in [1.165, 1.54) is 25.8 Å². The SMILES string of the molecule is CC1CCC(CN2CCCC(C(N)=S)C2)O1. The number of nitrogens with zero attached hydrogens (tertiary/aromatic N) is 1. The van der Waals surface area contributed by atoms with Crippen LogP contribution in [-0.4, -0.2) is 41.7 Å². The molecule has 0 aliphatic carbocycles. The molecule has 0 aromatic heterocycles. The van der Waals surface area contributed by atoms with Gasteiger partial charge in [0.1, 0.15) is 0 Å². The van der Waals surface area contributed by atoms with Gasteiger partial charge in [0.05, 0.1) is 17.2 Å². The van der Waals surface area contributed by atoms with Gasteiger partial charge in [-0.05, 0) is 39.2 Å². The van der Waals surface area contributed by atoms with Crippen LogP contribution in [-0.2, 0) is 4.74 Å². The van der Waals surface area contributed by atoms with Crippen LogP contribution >= 0.6 is 12.2 Å². The van der Waals surface area contributed by atoms with E-state index in [-0.39, 0.29) is 0 Å². The lowest BCUT2D eigenvalue weighted by molar-refractivity contribution is 0.0252. The van der Waals surface area contributed by atoms with Crippen molar-refractivity contribution in [2.75, 3.05) is 19.6 Å². The Labute approximate surface area is 103 Å². The van der Waals surface area contributed by atoms with Crippen molar-refractivity contribution in [3.63, 3.8) is 0 Å². The van der Waals surface area contributed by atoms with Gasteiger partial charge >= 0.3 is 0 Å². The van der Waals surface area contributed by atoms with Crippen LogP contribution in [0.3, 0.4) is 0 Å². The van der Waals surface area contributed by atoms with Gasteiger partial charge in [0.15, 0.2) is 0 Å². The standard InChI is InChI=1S/C12H22N2OS/c1-9-4-5-11(15-9)8-14-6-2-3-10(7-14)12(13)16/h9-11H,2-8H2,1H3,(H2,13,16). The monoisotopic (exact) mass is 242 g/mol. The number of likely N-dealkylation sites (tertiary alicyclic amines) is 1. The van der Waals surface area contributed by atoms with Gasteiger partial charge in [-0.1, -0.05) is 12.2 Å². The molecule has 2 aliphatic rings. The van der Waals surface area contributed by atoms with Crippen LogP contribution in [0.25, 0.3) is 0 Å². The Morgan fingerprint density at radius 1 is 1.44 bits per heavy atom. The minimum absolute atomic E-state index is 0.419. The summed E-state index contributed by atoms with van der Waals surface area (Å²) in [5.74, 6) is 0.419. The lowest BCUT2D eigenvalue weighted by Crippen LogP contribution is -2.43. The minimum Gasteiger partial charge on any atom is -0.393 e. The van der Waals surface area contributed by atoms with Crippen molar-refractivity contribution in [2.45, 2.75) is 44.8 Å². The lowest BCUT2D eigenvalue weighted by atomic mass is 9.98. The molecule has 92 valence electrons. The fourth-order valence-corrected chi connectivity index (χ4v) is 2.95. The summed E-state index contributed by atoms with van der Waals surface area (Å²) in [4.78, 5) is 3.15. The molecular formula is C12H22N2OS. The first-order valence-corrected chi connectivity index (χ1v) is 6.73. The molecule has 0 aromatic rings. The van der Waals surface area contributed by atoms with Gasteiger partial charge in [0.2, 0.25) is 0 Å². The molecular weight excluding hydrogens is 220 g/mol. The zero-order chi connectivity index (χ0) is 11.5. The van der Waals surface area contributed by atoms with Gasteiger partial charge in [-0.25, -0.2) is 0 Å². The molecule has 3 unspecified atom stereocenters. The molecule has 0 bridgehead atoms. The Bertz CT molecular complexity index is 259. The number of nitrogens with two attached hydrogens (primary N) is 1. The fourth-order valence-electron chi connectivity index (χ4n) is 2.76. The molecule has 3 atom stereocenters. The van der Waals surface area contributed by atoms with Crippen LogP contribution in [0, 0.1) is 5.92 Å². The van der Waals surface area contributed by atoms with Crippen LogP contribution in [0.2, 0.25) is 0 Å². The highest BCUT2D eigenvalue weighted by Gasteiger charge is 2.27. The third-order valence-corrected chi connectivity index (χ3v) is 4.02. The number of hydrogen-bond donors (Lipinski definition) is 1. The normalized spacial score (nSPS) is 36.4. The lowest BCUT2D eigenvalue weighted by Gasteiger charge is -2.33. The summed E-state index contributed by atoms with van der Waals surface area (Å²) in [5, 5.41) is 0. The Balaban J connectivity index is 1.79. The highest BCUT2D eigenvalue weighted by Crippen LogP contribution is 2.23. The van der Waals surface area contributed by atoms with Crippen molar-refractivity contribution in [1.82, 2.24) is 4.90 Å². The maximum atomic E-state index is 5.85. The molecule has 0 spiro atoms. The predicted octanol–water partition coefficient (Wildman–Crippen LogP) is 1.55. The number of ether oxygens (including phenoxy) is 1. The average molecular weight is 242 g/mol. The molecule has 3 nitrogen and oxygen atoms in total. The van der Waals surface area contributed by atoms with Gasteiger partial charge in [-0.3, -0.25) is 0 Å². The van der Waals surface area contributed by atoms with Gasteiger partial charge in [-0.2, -0.15) is 0 Å². The third kappa shape index (κ3) is 3.15. The van der Waals surface area contributed by atoms with E-state index in [9.17, 15) is 0 Å². The Kier molecular flexibility index (Phi) is 4.16. The second-order valence-corrected chi connectivity index (χ2v) is 5.62. The summed E-state index contributed by atoms with van der Waals surface area (Å²) in [5.41, 5.74) is 5.73.